The molecule has 1 unspecified atom stereocenters. The van der Waals surface area contributed by atoms with E-state index in [4.69, 9.17) is 0 Å². The van der Waals surface area contributed by atoms with Crippen molar-refractivity contribution >= 4 is 11.6 Å². The molecule has 1 saturated heterocycles. The maximum absolute atomic E-state index is 13.7. The van der Waals surface area contributed by atoms with Gasteiger partial charge in [0, 0.05) is 43.5 Å². The van der Waals surface area contributed by atoms with Gasteiger partial charge in [-0.05, 0) is 46.0 Å². The molecule has 1 fully saturated rings. The van der Waals surface area contributed by atoms with Crippen LogP contribution in [0, 0.1) is 5.82 Å². The minimum atomic E-state index is -0.277. The monoisotopic (exact) mass is 319 g/mol. The van der Waals surface area contributed by atoms with Crippen LogP contribution in [0.4, 0.5) is 10.1 Å². The number of anilines is 1. The van der Waals surface area contributed by atoms with E-state index in [2.05, 4.69) is 22.2 Å². The van der Waals surface area contributed by atoms with Gasteiger partial charge in [0.15, 0.2) is 0 Å². The Balaban J connectivity index is 2.21. The van der Waals surface area contributed by atoms with Crippen molar-refractivity contribution in [3.63, 3.8) is 0 Å². The van der Waals surface area contributed by atoms with Gasteiger partial charge < -0.3 is 15.1 Å². The second-order valence-corrected chi connectivity index (χ2v) is 6.45. The first kappa shape index (κ1) is 17.5. The average Bonchev–Trinajstić information content (AvgIpc) is 2.47. The van der Waals surface area contributed by atoms with E-state index in [-0.39, 0.29) is 17.8 Å². The van der Waals surface area contributed by atoms with E-state index in [9.17, 15) is 9.18 Å². The van der Waals surface area contributed by atoms with Gasteiger partial charge in [-0.15, -0.1) is 0 Å². The van der Waals surface area contributed by atoms with E-state index in [1.165, 1.54) is 12.1 Å². The van der Waals surface area contributed by atoms with E-state index in [0.717, 1.165) is 43.0 Å². The maximum Gasteiger partial charge on any atom is 0.244 e. The van der Waals surface area contributed by atoms with Gasteiger partial charge in [0.25, 0.3) is 0 Å². The first-order valence-electron chi connectivity index (χ1n) is 8.05. The molecule has 1 aromatic carbocycles. The topological polar surface area (TPSA) is 35.6 Å². The Bertz CT molecular complexity index is 588. The lowest BCUT2D eigenvalue weighted by Crippen LogP contribution is -2.45. The Morgan fingerprint density at radius 1 is 1.26 bits per heavy atom. The molecule has 1 heterocycles. The number of hydrogen-bond donors (Lipinski definition) is 1. The predicted molar refractivity (Wildman–Crippen MR) is 92.1 cm³/mol. The number of allylic oxidation sites excluding steroid dienone is 1. The lowest BCUT2D eigenvalue weighted by atomic mass is 10.0. The van der Waals surface area contributed by atoms with Crippen LogP contribution in [0.5, 0.6) is 0 Å². The summed E-state index contributed by atoms with van der Waals surface area (Å²) in [6, 6.07) is 4.59. The number of nitrogens with zero attached hydrogens (tertiary/aromatic N) is 2. The summed E-state index contributed by atoms with van der Waals surface area (Å²) < 4.78 is 13.7. The van der Waals surface area contributed by atoms with E-state index in [1.54, 1.807) is 6.08 Å². The molecular weight excluding hydrogens is 293 g/mol. The highest BCUT2D eigenvalue weighted by atomic mass is 19.1. The minimum Gasteiger partial charge on any atom is -0.369 e. The first-order valence-corrected chi connectivity index (χ1v) is 8.05. The fourth-order valence-corrected chi connectivity index (χ4v) is 2.80. The number of nitrogens with one attached hydrogen (secondary N) is 1. The molecule has 5 heteroatoms. The molecule has 1 atom stereocenters. The Morgan fingerprint density at radius 3 is 2.52 bits per heavy atom. The largest absolute Gasteiger partial charge is 0.369 e. The first-order chi connectivity index (χ1) is 10.9. The number of carbonyl (C=O) groups excluding carboxylic acids is 1. The number of benzene rings is 1. The van der Waals surface area contributed by atoms with Crippen LogP contribution in [0.1, 0.15) is 32.4 Å². The van der Waals surface area contributed by atoms with Crippen LogP contribution in [0.25, 0.3) is 0 Å². The Labute approximate surface area is 138 Å². The van der Waals surface area contributed by atoms with Crippen molar-refractivity contribution in [1.82, 2.24) is 10.2 Å². The van der Waals surface area contributed by atoms with E-state index >= 15 is 0 Å². The second kappa shape index (κ2) is 7.59. The van der Waals surface area contributed by atoms with Crippen LogP contribution in [0.15, 0.2) is 29.8 Å². The zero-order valence-corrected chi connectivity index (χ0v) is 14.4. The van der Waals surface area contributed by atoms with Gasteiger partial charge in [-0.3, -0.25) is 4.79 Å². The molecule has 4 nitrogen and oxygen atoms in total. The zero-order chi connectivity index (χ0) is 17.0. The van der Waals surface area contributed by atoms with E-state index in [1.807, 2.05) is 26.8 Å². The summed E-state index contributed by atoms with van der Waals surface area (Å²) in [4.78, 5) is 16.5. The van der Waals surface area contributed by atoms with Gasteiger partial charge in [-0.25, -0.2) is 4.39 Å². The van der Waals surface area contributed by atoms with Crippen molar-refractivity contribution in [2.45, 2.75) is 26.8 Å². The van der Waals surface area contributed by atoms with Gasteiger partial charge in [-0.1, -0.05) is 5.57 Å². The minimum absolute atomic E-state index is 0.147. The molecule has 0 radical (unpaired) electrons. The van der Waals surface area contributed by atoms with Crippen molar-refractivity contribution < 1.29 is 9.18 Å². The van der Waals surface area contributed by atoms with Crippen molar-refractivity contribution in [2.24, 2.45) is 0 Å². The lowest BCUT2D eigenvalue weighted by Gasteiger charge is -2.36. The molecule has 0 bridgehead atoms. The molecule has 2 rings (SSSR count). The third-order valence-electron chi connectivity index (χ3n) is 4.08. The Kier molecular flexibility index (Phi) is 5.77. The number of rotatable bonds is 4. The van der Waals surface area contributed by atoms with Crippen LogP contribution in [-0.2, 0) is 4.79 Å². The zero-order valence-electron chi connectivity index (χ0n) is 14.4. The molecule has 0 aromatic heterocycles. The quantitative estimate of drug-likeness (QED) is 0.867. The predicted octanol–water partition coefficient (Wildman–Crippen LogP) is 2.72. The highest BCUT2D eigenvalue weighted by Gasteiger charge is 2.20. The number of likely N-dealkylation sites (N-methyl/N-ethyl adjacent to an activating group) is 1. The normalized spacial score (nSPS) is 16.8. The number of halogens is 1. The maximum atomic E-state index is 13.7. The molecule has 126 valence electrons. The van der Waals surface area contributed by atoms with Crippen LogP contribution >= 0.6 is 0 Å². The summed E-state index contributed by atoms with van der Waals surface area (Å²) in [6.45, 7) is 9.42. The smallest absolute Gasteiger partial charge is 0.244 e. The molecule has 23 heavy (non-hydrogen) atoms. The van der Waals surface area contributed by atoms with Gasteiger partial charge in [0.05, 0.1) is 6.04 Å². The van der Waals surface area contributed by atoms with Gasteiger partial charge >= 0.3 is 0 Å². The Morgan fingerprint density at radius 2 is 1.91 bits per heavy atom. The van der Waals surface area contributed by atoms with E-state index < -0.39 is 0 Å². The summed E-state index contributed by atoms with van der Waals surface area (Å²) in [5.74, 6) is -0.424. The lowest BCUT2D eigenvalue weighted by molar-refractivity contribution is -0.117. The SMILES string of the molecule is CC(C)=CC(=O)NC(C)c1cc(F)ccc1N1CCN(C)CC1. The molecule has 1 aliphatic rings. The number of carbonyl (C=O) groups is 1. The molecule has 1 aliphatic heterocycles. The van der Waals surface area contributed by atoms with Crippen molar-refractivity contribution in [2.75, 3.05) is 38.1 Å². The molecule has 1 amide bonds. The highest BCUT2D eigenvalue weighted by molar-refractivity contribution is 5.88. The van der Waals surface area contributed by atoms with Crippen molar-refractivity contribution in [3.05, 3.63) is 41.2 Å². The molecular formula is C18H26FN3O. The highest BCUT2D eigenvalue weighted by Crippen LogP contribution is 2.28. The summed E-state index contributed by atoms with van der Waals surface area (Å²) >= 11 is 0. The fraction of sp³-hybridized carbons (Fsp3) is 0.500. The van der Waals surface area contributed by atoms with Crippen LogP contribution in [0.3, 0.4) is 0 Å². The third kappa shape index (κ3) is 4.79. The summed E-state index contributed by atoms with van der Waals surface area (Å²) in [5.41, 5.74) is 2.77. The summed E-state index contributed by atoms with van der Waals surface area (Å²) in [6.07, 6.45) is 1.56. The van der Waals surface area contributed by atoms with Gasteiger partial charge in [-0.2, -0.15) is 0 Å². The fourth-order valence-electron chi connectivity index (χ4n) is 2.80. The second-order valence-electron chi connectivity index (χ2n) is 6.45. The number of amides is 1. The van der Waals surface area contributed by atoms with Crippen LogP contribution in [0.2, 0.25) is 0 Å². The van der Waals surface area contributed by atoms with Crippen molar-refractivity contribution in [3.8, 4) is 0 Å². The number of hydrogen-bond acceptors (Lipinski definition) is 3. The molecule has 1 aromatic rings. The molecule has 1 N–H and O–H groups in total. The summed E-state index contributed by atoms with van der Waals surface area (Å²) in [7, 11) is 2.10. The van der Waals surface area contributed by atoms with Crippen LogP contribution in [-0.4, -0.2) is 44.0 Å². The molecule has 0 spiro atoms. The third-order valence-corrected chi connectivity index (χ3v) is 4.08. The van der Waals surface area contributed by atoms with E-state index in [0.29, 0.717) is 0 Å². The molecule has 0 aliphatic carbocycles. The summed E-state index contributed by atoms with van der Waals surface area (Å²) in [5, 5.41) is 2.92. The average molecular weight is 319 g/mol. The standard InChI is InChI=1S/C18H26FN3O/c1-13(2)11-18(23)20-14(3)16-12-15(19)5-6-17(16)22-9-7-21(4)8-10-22/h5-6,11-12,14H,7-10H2,1-4H3,(H,20,23). The molecule has 0 saturated carbocycles. The Hall–Kier alpha value is -1.88. The van der Waals surface area contributed by atoms with Gasteiger partial charge in [0.1, 0.15) is 5.82 Å². The van der Waals surface area contributed by atoms with Gasteiger partial charge in [0.2, 0.25) is 5.91 Å². The number of piperazine rings is 1. The van der Waals surface area contributed by atoms with Crippen molar-refractivity contribution in [1.29, 1.82) is 0 Å². The van der Waals surface area contributed by atoms with Crippen LogP contribution < -0.4 is 10.2 Å².